The maximum absolute atomic E-state index is 9.35. The van der Waals surface area contributed by atoms with Gasteiger partial charge in [0.15, 0.2) is 0 Å². The number of benzene rings is 3. The number of rotatable bonds is 3. The highest BCUT2D eigenvalue weighted by atomic mass is 16.7. The lowest BCUT2D eigenvalue weighted by Gasteiger charge is -2.32. The highest BCUT2D eigenvalue weighted by Gasteiger charge is 2.57. The molecule has 0 amide bonds. The van der Waals surface area contributed by atoms with Gasteiger partial charge in [-0.3, -0.25) is 0 Å². The molecule has 2 heterocycles. The fourth-order valence-corrected chi connectivity index (χ4v) is 4.78. The van der Waals surface area contributed by atoms with E-state index in [1.54, 1.807) is 0 Å². The fourth-order valence-electron chi connectivity index (χ4n) is 4.78. The Bertz CT molecular complexity index is 1340. The summed E-state index contributed by atoms with van der Waals surface area (Å²) in [6.07, 6.45) is 0. The number of fused-ring (bicyclic) bond motifs is 1. The second kappa shape index (κ2) is 8.19. The minimum Gasteiger partial charge on any atom is -0.399 e. The Labute approximate surface area is 215 Å². The highest BCUT2D eigenvalue weighted by molar-refractivity contribution is 6.78. The Morgan fingerprint density at radius 3 is 1.61 bits per heavy atom. The molecule has 0 aromatic heterocycles. The summed E-state index contributed by atoms with van der Waals surface area (Å²) in [4.78, 5) is 0. The van der Waals surface area contributed by atoms with E-state index in [1.165, 1.54) is 0 Å². The average Bonchev–Trinajstić information content (AvgIpc) is 3.16. The zero-order valence-corrected chi connectivity index (χ0v) is 22.4. The molecule has 3 aromatic carbocycles. The molecule has 2 fully saturated rings. The van der Waals surface area contributed by atoms with Crippen molar-refractivity contribution in [2.45, 2.75) is 77.8 Å². The van der Waals surface area contributed by atoms with Crippen LogP contribution in [0.4, 0.5) is 0 Å². The molecule has 0 N–H and O–H groups in total. The predicted molar refractivity (Wildman–Crippen MR) is 146 cm³/mol. The van der Waals surface area contributed by atoms with Crippen LogP contribution in [0, 0.1) is 11.3 Å². The van der Waals surface area contributed by atoms with E-state index in [2.05, 4.69) is 79.7 Å². The number of hydrogen-bond donors (Lipinski definition) is 0. The second-order valence-corrected chi connectivity index (χ2v) is 11.8. The van der Waals surface area contributed by atoms with Gasteiger partial charge in [0.1, 0.15) is 0 Å². The van der Waals surface area contributed by atoms with Crippen LogP contribution in [0.1, 0.15) is 61.0 Å². The monoisotopic (exact) mass is 481 g/mol. The predicted octanol–water partition coefficient (Wildman–Crippen LogP) is 4.98. The van der Waals surface area contributed by atoms with Crippen molar-refractivity contribution in [3.8, 4) is 17.2 Å². The summed E-state index contributed by atoms with van der Waals surface area (Å²) < 4.78 is 26.5. The summed E-state index contributed by atoms with van der Waals surface area (Å²) >= 11 is 0. The van der Waals surface area contributed by atoms with E-state index in [-0.39, 0.29) is 0 Å². The van der Waals surface area contributed by atoms with E-state index >= 15 is 0 Å². The zero-order valence-electron chi connectivity index (χ0n) is 22.4. The fraction of sp³-hybridized carbons (Fsp3) is 0.414. The summed E-state index contributed by atoms with van der Waals surface area (Å²) in [6, 6.07) is 20.3. The lowest BCUT2D eigenvalue weighted by molar-refractivity contribution is 0.00578. The Hall–Kier alpha value is -2.62. The smallest absolute Gasteiger partial charge is 0.399 e. The molecule has 0 radical (unpaired) electrons. The number of nitriles is 1. The van der Waals surface area contributed by atoms with Crippen molar-refractivity contribution in [1.82, 2.24) is 0 Å². The molecule has 7 heteroatoms. The Balaban J connectivity index is 1.82. The van der Waals surface area contributed by atoms with E-state index < -0.39 is 36.6 Å². The first-order valence-electron chi connectivity index (χ1n) is 12.5. The van der Waals surface area contributed by atoms with Gasteiger partial charge in [-0.15, -0.1) is 0 Å². The van der Waals surface area contributed by atoms with E-state index in [0.717, 1.165) is 32.8 Å². The highest BCUT2D eigenvalue weighted by Crippen LogP contribution is 2.40. The summed E-state index contributed by atoms with van der Waals surface area (Å²) in [6.45, 7) is 16.5. The van der Waals surface area contributed by atoms with E-state index in [9.17, 15) is 5.26 Å². The van der Waals surface area contributed by atoms with Crippen molar-refractivity contribution in [3.63, 3.8) is 0 Å². The molecular formula is C29H33B2NO4. The molecule has 0 spiro atoms. The second-order valence-electron chi connectivity index (χ2n) is 11.8. The third kappa shape index (κ3) is 3.88. The molecule has 3 aromatic rings. The summed E-state index contributed by atoms with van der Waals surface area (Å²) in [5.41, 5.74) is 2.34. The van der Waals surface area contributed by atoms with Gasteiger partial charge in [-0.2, -0.15) is 5.26 Å². The molecule has 0 unspecified atom stereocenters. The van der Waals surface area contributed by atoms with Gasteiger partial charge < -0.3 is 18.6 Å². The lowest BCUT2D eigenvalue weighted by atomic mass is 9.60. The topological polar surface area (TPSA) is 60.7 Å². The molecule has 36 heavy (non-hydrogen) atoms. The van der Waals surface area contributed by atoms with E-state index in [4.69, 9.17) is 18.6 Å². The number of hydrogen-bond acceptors (Lipinski definition) is 5. The average molecular weight is 481 g/mol. The maximum atomic E-state index is 9.35. The SMILES string of the molecule is CC1(C)OB(c2c(-c3ccc(C#N)cc3)cc3ccccc3c2B2OC(C)(C)C(C)(C)O2)OC1(C)C. The molecule has 184 valence electrons. The number of nitrogens with zero attached hydrogens (tertiary/aromatic N) is 1. The van der Waals surface area contributed by atoms with Crippen LogP contribution in [-0.4, -0.2) is 36.6 Å². The Morgan fingerprint density at radius 1 is 0.639 bits per heavy atom. The summed E-state index contributed by atoms with van der Waals surface area (Å²) in [5.74, 6) is 0. The van der Waals surface area contributed by atoms with Gasteiger partial charge in [-0.1, -0.05) is 36.4 Å². The molecule has 5 rings (SSSR count). The first-order chi connectivity index (χ1) is 16.8. The summed E-state index contributed by atoms with van der Waals surface area (Å²) in [5, 5.41) is 11.5. The minimum absolute atomic E-state index is 0.504. The van der Waals surface area contributed by atoms with Crippen LogP contribution in [0.25, 0.3) is 21.9 Å². The van der Waals surface area contributed by atoms with Crippen LogP contribution < -0.4 is 10.9 Å². The van der Waals surface area contributed by atoms with Crippen molar-refractivity contribution >= 4 is 35.9 Å². The molecule has 0 saturated carbocycles. The van der Waals surface area contributed by atoms with Gasteiger partial charge in [-0.05, 0) is 106 Å². The minimum atomic E-state index is -0.626. The third-order valence-electron chi connectivity index (χ3n) is 8.43. The zero-order chi connectivity index (χ0) is 26.1. The van der Waals surface area contributed by atoms with E-state index in [0.29, 0.717) is 5.56 Å². The maximum Gasteiger partial charge on any atom is 0.495 e. The molecule has 0 bridgehead atoms. The van der Waals surface area contributed by atoms with Crippen molar-refractivity contribution < 1.29 is 18.6 Å². The normalized spacial score (nSPS) is 21.6. The van der Waals surface area contributed by atoms with Crippen LogP contribution in [0.2, 0.25) is 0 Å². The first-order valence-corrected chi connectivity index (χ1v) is 12.5. The van der Waals surface area contributed by atoms with Gasteiger partial charge in [0, 0.05) is 0 Å². The van der Waals surface area contributed by atoms with Gasteiger partial charge in [0.25, 0.3) is 0 Å². The van der Waals surface area contributed by atoms with Gasteiger partial charge in [0.2, 0.25) is 0 Å². The molecule has 0 atom stereocenters. The van der Waals surface area contributed by atoms with Crippen LogP contribution in [-0.2, 0) is 18.6 Å². The lowest BCUT2D eigenvalue weighted by Crippen LogP contribution is -2.53. The largest absolute Gasteiger partial charge is 0.495 e. The molecule has 2 aliphatic heterocycles. The first kappa shape index (κ1) is 25.0. The van der Waals surface area contributed by atoms with Gasteiger partial charge >= 0.3 is 14.2 Å². The van der Waals surface area contributed by atoms with Crippen LogP contribution in [0.15, 0.2) is 54.6 Å². The van der Waals surface area contributed by atoms with Gasteiger partial charge in [0.05, 0.1) is 34.0 Å². The quantitative estimate of drug-likeness (QED) is 0.495. The van der Waals surface area contributed by atoms with Crippen LogP contribution in [0.5, 0.6) is 0 Å². The standard InChI is InChI=1S/C29H33B2NO4/c1-26(2)27(3,4)34-30(33-26)24-22-12-10-9-11-21(22)17-23(20-15-13-19(18-32)14-16-20)25(24)31-35-28(5,6)29(7,8)36-31/h9-17H,1-8H3. The Kier molecular flexibility index (Phi) is 5.70. The molecule has 2 saturated heterocycles. The van der Waals surface area contributed by atoms with Gasteiger partial charge in [-0.25, -0.2) is 0 Å². The van der Waals surface area contributed by atoms with Crippen LogP contribution >= 0.6 is 0 Å². The summed E-state index contributed by atoms with van der Waals surface area (Å²) in [7, 11) is -1.23. The van der Waals surface area contributed by atoms with E-state index in [1.807, 2.05) is 36.4 Å². The third-order valence-corrected chi connectivity index (χ3v) is 8.43. The molecule has 5 nitrogen and oxygen atoms in total. The van der Waals surface area contributed by atoms with Crippen molar-refractivity contribution in [2.75, 3.05) is 0 Å². The van der Waals surface area contributed by atoms with Crippen molar-refractivity contribution in [3.05, 3.63) is 60.2 Å². The van der Waals surface area contributed by atoms with Crippen LogP contribution in [0.3, 0.4) is 0 Å². The Morgan fingerprint density at radius 2 is 1.11 bits per heavy atom. The van der Waals surface area contributed by atoms with Crippen molar-refractivity contribution in [1.29, 1.82) is 5.26 Å². The molecule has 2 aliphatic rings. The molecule has 0 aliphatic carbocycles. The van der Waals surface area contributed by atoms with Crippen molar-refractivity contribution in [2.24, 2.45) is 0 Å². The molecular weight excluding hydrogens is 448 g/mol.